The molecule has 2 N–H and O–H groups in total. The smallest absolute Gasteiger partial charge is 0.251 e. The molecule has 1 amide bonds. The molecule has 0 aromatic heterocycles. The molecule has 1 aliphatic rings. The summed E-state index contributed by atoms with van der Waals surface area (Å²) in [5.41, 5.74) is 0.437. The minimum atomic E-state index is -3.52. The number of nitrogens with zero attached hydrogens (tertiary/aromatic N) is 1. The van der Waals surface area contributed by atoms with Gasteiger partial charge in [0.15, 0.2) is 0 Å². The lowest BCUT2D eigenvalue weighted by Crippen LogP contribution is -2.48. The molecule has 1 heterocycles. The van der Waals surface area contributed by atoms with Gasteiger partial charge in [-0.25, -0.2) is 12.7 Å². The van der Waals surface area contributed by atoms with Crippen molar-refractivity contribution in [2.75, 3.05) is 33.7 Å². The van der Waals surface area contributed by atoms with Crippen LogP contribution in [0.15, 0.2) is 27.6 Å². The Balaban J connectivity index is 2.13. The first-order chi connectivity index (χ1) is 9.82. The normalized spacial score (nSPS) is 15.8. The first-order valence-corrected chi connectivity index (χ1v) is 8.76. The van der Waals surface area contributed by atoms with Gasteiger partial charge >= 0.3 is 0 Å². The maximum absolute atomic E-state index is 12.1. The molecule has 116 valence electrons. The van der Waals surface area contributed by atoms with Crippen molar-refractivity contribution in [3.8, 4) is 0 Å². The van der Waals surface area contributed by atoms with E-state index in [1.54, 1.807) is 0 Å². The standard InChI is InChI=1S/C13H18BrN3O3S/c1-17(2)21(19,20)12-4-3-10(5-11(12)14)13(18)16-8-9-6-15-7-9/h3-5,9,15H,6-8H2,1-2H3,(H,16,18). The fourth-order valence-electron chi connectivity index (χ4n) is 1.88. The third kappa shape index (κ3) is 3.63. The minimum absolute atomic E-state index is 0.146. The molecule has 0 unspecified atom stereocenters. The van der Waals surface area contributed by atoms with E-state index in [9.17, 15) is 13.2 Å². The van der Waals surface area contributed by atoms with Crippen LogP contribution in [0.25, 0.3) is 0 Å². The molecule has 0 bridgehead atoms. The molecule has 0 radical (unpaired) electrons. The van der Waals surface area contributed by atoms with Crippen molar-refractivity contribution in [1.82, 2.24) is 14.9 Å². The number of nitrogens with one attached hydrogen (secondary N) is 2. The summed E-state index contributed by atoms with van der Waals surface area (Å²) in [6, 6.07) is 4.50. The molecule has 21 heavy (non-hydrogen) atoms. The molecule has 1 aromatic carbocycles. The van der Waals surface area contributed by atoms with Gasteiger partial charge in [0.2, 0.25) is 10.0 Å². The van der Waals surface area contributed by atoms with Crippen LogP contribution in [-0.4, -0.2) is 52.4 Å². The molecule has 1 aromatic rings. The van der Waals surface area contributed by atoms with Crippen molar-refractivity contribution in [2.45, 2.75) is 4.90 Å². The molecule has 6 nitrogen and oxygen atoms in total. The number of sulfonamides is 1. The van der Waals surface area contributed by atoms with E-state index in [0.717, 1.165) is 17.4 Å². The Labute approximate surface area is 133 Å². The highest BCUT2D eigenvalue weighted by Gasteiger charge is 2.22. The second-order valence-corrected chi connectivity index (χ2v) is 8.14. The Morgan fingerprint density at radius 2 is 2.10 bits per heavy atom. The van der Waals surface area contributed by atoms with Gasteiger partial charge in [0.05, 0.1) is 4.90 Å². The highest BCUT2D eigenvalue weighted by atomic mass is 79.9. The molecule has 0 saturated carbocycles. The van der Waals surface area contributed by atoms with Gasteiger partial charge in [-0.1, -0.05) is 0 Å². The Morgan fingerprint density at radius 3 is 2.57 bits per heavy atom. The number of halogens is 1. The number of rotatable bonds is 5. The average Bonchev–Trinajstić information content (AvgIpc) is 2.36. The predicted molar refractivity (Wildman–Crippen MR) is 83.7 cm³/mol. The Kier molecular flexibility index (Phi) is 5.03. The van der Waals surface area contributed by atoms with Gasteiger partial charge in [0.25, 0.3) is 5.91 Å². The van der Waals surface area contributed by atoms with Crippen LogP contribution in [0.2, 0.25) is 0 Å². The van der Waals surface area contributed by atoms with E-state index < -0.39 is 10.0 Å². The van der Waals surface area contributed by atoms with Gasteiger partial charge in [-0.2, -0.15) is 0 Å². The molecule has 1 aliphatic heterocycles. The molecule has 1 fully saturated rings. The van der Waals surface area contributed by atoms with Crippen LogP contribution in [0.5, 0.6) is 0 Å². The molecular weight excluding hydrogens is 358 g/mol. The van der Waals surface area contributed by atoms with Crippen molar-refractivity contribution < 1.29 is 13.2 Å². The quantitative estimate of drug-likeness (QED) is 0.791. The predicted octanol–water partition coefficient (Wildman–Crippen LogP) is 0.649. The van der Waals surface area contributed by atoms with Gasteiger partial charge < -0.3 is 10.6 Å². The molecule has 8 heteroatoms. The summed E-state index contributed by atoms with van der Waals surface area (Å²) in [7, 11) is -0.589. The summed E-state index contributed by atoms with van der Waals surface area (Å²) in [4.78, 5) is 12.2. The van der Waals surface area contributed by atoms with Crippen molar-refractivity contribution >= 4 is 31.9 Å². The number of hydrogen-bond acceptors (Lipinski definition) is 4. The lowest BCUT2D eigenvalue weighted by atomic mass is 10.0. The first-order valence-electron chi connectivity index (χ1n) is 6.53. The third-order valence-electron chi connectivity index (χ3n) is 3.37. The van der Waals surface area contributed by atoms with Gasteiger partial charge in [-0.3, -0.25) is 4.79 Å². The van der Waals surface area contributed by atoms with E-state index >= 15 is 0 Å². The van der Waals surface area contributed by atoms with Crippen LogP contribution in [0, 0.1) is 5.92 Å². The maximum Gasteiger partial charge on any atom is 0.251 e. The van der Waals surface area contributed by atoms with Crippen LogP contribution in [0.1, 0.15) is 10.4 Å². The van der Waals surface area contributed by atoms with E-state index in [1.165, 1.54) is 32.3 Å². The second kappa shape index (κ2) is 6.43. The van der Waals surface area contributed by atoms with Gasteiger partial charge in [-0.15, -0.1) is 0 Å². The Morgan fingerprint density at radius 1 is 1.43 bits per heavy atom. The van der Waals surface area contributed by atoms with Crippen LogP contribution < -0.4 is 10.6 Å². The number of carbonyl (C=O) groups excluding carboxylic acids is 1. The lowest BCUT2D eigenvalue weighted by Gasteiger charge is -2.27. The lowest BCUT2D eigenvalue weighted by molar-refractivity contribution is 0.0942. The largest absolute Gasteiger partial charge is 0.352 e. The summed E-state index contributed by atoms with van der Waals surface area (Å²) in [5.74, 6) is 0.280. The van der Waals surface area contributed by atoms with Crippen molar-refractivity contribution in [1.29, 1.82) is 0 Å². The zero-order chi connectivity index (χ0) is 15.6. The van der Waals surface area contributed by atoms with Crippen molar-refractivity contribution in [3.63, 3.8) is 0 Å². The molecule has 2 rings (SSSR count). The number of benzene rings is 1. The summed E-state index contributed by atoms with van der Waals surface area (Å²) in [6.07, 6.45) is 0. The minimum Gasteiger partial charge on any atom is -0.352 e. The summed E-state index contributed by atoms with van der Waals surface area (Å²) in [6.45, 7) is 2.47. The molecular formula is C13H18BrN3O3S. The van der Waals surface area contributed by atoms with E-state index in [-0.39, 0.29) is 10.8 Å². The highest BCUT2D eigenvalue weighted by molar-refractivity contribution is 9.10. The van der Waals surface area contributed by atoms with E-state index in [4.69, 9.17) is 0 Å². The molecule has 1 saturated heterocycles. The number of carbonyl (C=O) groups is 1. The van der Waals surface area contributed by atoms with Crippen LogP contribution in [-0.2, 0) is 10.0 Å². The van der Waals surface area contributed by atoms with E-state index in [0.29, 0.717) is 22.5 Å². The van der Waals surface area contributed by atoms with Crippen molar-refractivity contribution in [2.24, 2.45) is 5.92 Å². The topological polar surface area (TPSA) is 78.5 Å². The monoisotopic (exact) mass is 375 g/mol. The summed E-state index contributed by atoms with van der Waals surface area (Å²) >= 11 is 3.23. The van der Waals surface area contributed by atoms with Crippen LogP contribution in [0.3, 0.4) is 0 Å². The van der Waals surface area contributed by atoms with Crippen LogP contribution >= 0.6 is 15.9 Å². The third-order valence-corrected chi connectivity index (χ3v) is 6.16. The first kappa shape index (κ1) is 16.4. The summed E-state index contributed by atoms with van der Waals surface area (Å²) in [5, 5.41) is 5.99. The Bertz CT molecular complexity index is 642. The maximum atomic E-state index is 12.1. The van der Waals surface area contributed by atoms with E-state index in [2.05, 4.69) is 26.6 Å². The summed E-state index contributed by atoms with van der Waals surface area (Å²) < 4.78 is 25.7. The number of amides is 1. The van der Waals surface area contributed by atoms with Gasteiger partial charge in [-0.05, 0) is 34.1 Å². The SMILES string of the molecule is CN(C)S(=O)(=O)c1ccc(C(=O)NCC2CNC2)cc1Br. The Hall–Kier alpha value is -0.960. The van der Waals surface area contributed by atoms with Crippen molar-refractivity contribution in [3.05, 3.63) is 28.2 Å². The molecule has 0 spiro atoms. The van der Waals surface area contributed by atoms with Gasteiger partial charge in [0, 0.05) is 49.7 Å². The highest BCUT2D eigenvalue weighted by Crippen LogP contribution is 2.25. The zero-order valence-electron chi connectivity index (χ0n) is 11.9. The second-order valence-electron chi connectivity index (χ2n) is 5.17. The van der Waals surface area contributed by atoms with Crippen LogP contribution in [0.4, 0.5) is 0 Å². The zero-order valence-corrected chi connectivity index (χ0v) is 14.3. The van der Waals surface area contributed by atoms with Gasteiger partial charge in [0.1, 0.15) is 0 Å². The fraction of sp³-hybridized carbons (Fsp3) is 0.462. The number of hydrogen-bond donors (Lipinski definition) is 2. The van der Waals surface area contributed by atoms with E-state index in [1.807, 2.05) is 0 Å². The fourth-order valence-corrected chi connectivity index (χ4v) is 3.81. The molecule has 0 aliphatic carbocycles. The average molecular weight is 376 g/mol. The molecule has 0 atom stereocenters.